The van der Waals surface area contributed by atoms with Gasteiger partial charge in [-0.3, -0.25) is 0 Å². The molecule has 0 saturated carbocycles. The molecule has 0 bridgehead atoms. The average molecular weight is 193 g/mol. The number of nitrogens with zero attached hydrogens (tertiary/aromatic N) is 1. The van der Waals surface area contributed by atoms with Crippen LogP contribution in [0.15, 0.2) is 12.1 Å². The Morgan fingerprint density at radius 2 is 2.07 bits per heavy atom. The quantitative estimate of drug-likeness (QED) is 0.748. The lowest BCUT2D eigenvalue weighted by atomic mass is 10.2. The first-order chi connectivity index (χ1) is 6.80. The van der Waals surface area contributed by atoms with Crippen LogP contribution in [0.25, 0.3) is 0 Å². The zero-order chi connectivity index (χ0) is 10.4. The second-order valence-electron chi connectivity index (χ2n) is 3.27. The van der Waals surface area contributed by atoms with Gasteiger partial charge in [-0.25, -0.2) is 4.98 Å². The fraction of sp³-hybridized carbons (Fsp3) is 0.545. The first-order valence-corrected chi connectivity index (χ1v) is 5.18. The van der Waals surface area contributed by atoms with Crippen molar-refractivity contribution < 1.29 is 0 Å². The Kier molecular flexibility index (Phi) is 4.40. The van der Waals surface area contributed by atoms with Gasteiger partial charge in [0, 0.05) is 18.8 Å². The molecule has 0 radical (unpaired) electrons. The molecule has 1 aromatic rings. The summed E-state index contributed by atoms with van der Waals surface area (Å²) in [5, 5.41) is 6.39. The monoisotopic (exact) mass is 193 g/mol. The number of hydrogen-bond donors (Lipinski definition) is 2. The maximum atomic E-state index is 4.48. The molecule has 0 aliphatic rings. The summed E-state index contributed by atoms with van der Waals surface area (Å²) in [7, 11) is 1.96. The summed E-state index contributed by atoms with van der Waals surface area (Å²) in [4.78, 5) is 4.48. The minimum absolute atomic E-state index is 0.897. The summed E-state index contributed by atoms with van der Waals surface area (Å²) < 4.78 is 0. The molecule has 3 nitrogen and oxygen atoms in total. The van der Waals surface area contributed by atoms with E-state index in [1.54, 1.807) is 0 Å². The molecule has 0 aliphatic heterocycles. The van der Waals surface area contributed by atoms with Gasteiger partial charge in [0.2, 0.25) is 0 Å². The minimum atomic E-state index is 0.897. The highest BCUT2D eigenvalue weighted by Crippen LogP contribution is 2.10. The number of rotatable bonds is 5. The van der Waals surface area contributed by atoms with Crippen molar-refractivity contribution in [2.45, 2.75) is 26.8 Å². The number of aromatic nitrogens is 1. The normalized spacial score (nSPS) is 10.2. The predicted octanol–water partition coefficient (Wildman–Crippen LogP) is 1.80. The molecule has 3 heteroatoms. The number of aryl methyl sites for hydroxylation is 1. The van der Waals surface area contributed by atoms with Crippen LogP contribution in [0.2, 0.25) is 0 Å². The van der Waals surface area contributed by atoms with Crippen molar-refractivity contribution in [3.63, 3.8) is 0 Å². The zero-order valence-corrected chi connectivity index (χ0v) is 9.22. The molecule has 0 saturated heterocycles. The van der Waals surface area contributed by atoms with Crippen molar-refractivity contribution in [1.82, 2.24) is 10.3 Å². The Morgan fingerprint density at radius 3 is 2.64 bits per heavy atom. The van der Waals surface area contributed by atoms with Gasteiger partial charge in [-0.15, -0.1) is 0 Å². The molecule has 1 heterocycles. The van der Waals surface area contributed by atoms with E-state index in [-0.39, 0.29) is 0 Å². The molecule has 0 atom stereocenters. The maximum Gasteiger partial charge on any atom is 0.126 e. The molecule has 0 aliphatic carbocycles. The van der Waals surface area contributed by atoms with Gasteiger partial charge in [0.15, 0.2) is 0 Å². The highest BCUT2D eigenvalue weighted by molar-refractivity contribution is 5.39. The molecule has 14 heavy (non-hydrogen) atoms. The summed E-state index contributed by atoms with van der Waals surface area (Å²) >= 11 is 0. The van der Waals surface area contributed by atoms with E-state index in [2.05, 4.69) is 41.6 Å². The van der Waals surface area contributed by atoms with Crippen LogP contribution in [0.5, 0.6) is 0 Å². The lowest BCUT2D eigenvalue weighted by Crippen LogP contribution is -2.08. The molecule has 1 aromatic heterocycles. The molecular formula is C11H19N3. The van der Waals surface area contributed by atoms with Crippen LogP contribution in [0.1, 0.15) is 25.1 Å². The number of hydrogen-bond acceptors (Lipinski definition) is 3. The van der Waals surface area contributed by atoms with Gasteiger partial charge in [0.25, 0.3) is 0 Å². The van der Waals surface area contributed by atoms with Crippen LogP contribution in [0.3, 0.4) is 0 Å². The third-order valence-corrected chi connectivity index (χ3v) is 2.04. The maximum absolute atomic E-state index is 4.48. The van der Waals surface area contributed by atoms with Crippen LogP contribution < -0.4 is 10.6 Å². The van der Waals surface area contributed by atoms with E-state index < -0.39 is 0 Å². The Bertz CT molecular complexity index is 260. The number of pyridine rings is 1. The van der Waals surface area contributed by atoms with Crippen molar-refractivity contribution in [2.75, 3.05) is 18.9 Å². The molecule has 1 rings (SSSR count). The first kappa shape index (κ1) is 11.0. The largest absolute Gasteiger partial charge is 0.370 e. The SMILES string of the molecule is CCNc1cc(CNC)cc(CC)n1. The highest BCUT2D eigenvalue weighted by atomic mass is 15.0. The van der Waals surface area contributed by atoms with Crippen molar-refractivity contribution >= 4 is 5.82 Å². The van der Waals surface area contributed by atoms with Gasteiger partial charge in [-0.1, -0.05) is 6.92 Å². The van der Waals surface area contributed by atoms with Crippen LogP contribution in [0, 0.1) is 0 Å². The Balaban J connectivity index is 2.88. The number of anilines is 1. The first-order valence-electron chi connectivity index (χ1n) is 5.18. The van der Waals surface area contributed by atoms with Gasteiger partial charge in [0.05, 0.1) is 0 Å². The van der Waals surface area contributed by atoms with E-state index in [0.29, 0.717) is 0 Å². The topological polar surface area (TPSA) is 37.0 Å². The van der Waals surface area contributed by atoms with Gasteiger partial charge in [-0.2, -0.15) is 0 Å². The average Bonchev–Trinajstić information content (AvgIpc) is 2.18. The van der Waals surface area contributed by atoms with Gasteiger partial charge >= 0.3 is 0 Å². The van der Waals surface area contributed by atoms with Crippen molar-refractivity contribution in [3.8, 4) is 0 Å². The second-order valence-corrected chi connectivity index (χ2v) is 3.27. The Labute approximate surface area is 85.9 Å². The predicted molar refractivity (Wildman–Crippen MR) is 60.5 cm³/mol. The molecule has 0 spiro atoms. The summed E-state index contributed by atoms with van der Waals surface area (Å²) in [6, 6.07) is 4.25. The third kappa shape index (κ3) is 3.00. The summed E-state index contributed by atoms with van der Waals surface area (Å²) in [6.45, 7) is 6.02. The summed E-state index contributed by atoms with van der Waals surface area (Å²) in [6.07, 6.45) is 0.982. The summed E-state index contributed by atoms with van der Waals surface area (Å²) in [5.41, 5.74) is 2.43. The minimum Gasteiger partial charge on any atom is -0.370 e. The lowest BCUT2D eigenvalue weighted by Gasteiger charge is -2.08. The fourth-order valence-electron chi connectivity index (χ4n) is 1.41. The van der Waals surface area contributed by atoms with Crippen LogP contribution in [-0.2, 0) is 13.0 Å². The van der Waals surface area contributed by atoms with Gasteiger partial charge in [-0.05, 0) is 38.1 Å². The Hall–Kier alpha value is -1.09. The van der Waals surface area contributed by atoms with Crippen LogP contribution in [-0.4, -0.2) is 18.6 Å². The highest BCUT2D eigenvalue weighted by Gasteiger charge is 1.99. The lowest BCUT2D eigenvalue weighted by molar-refractivity contribution is 0.812. The third-order valence-electron chi connectivity index (χ3n) is 2.04. The van der Waals surface area contributed by atoms with E-state index in [0.717, 1.165) is 31.0 Å². The molecule has 0 amide bonds. The number of nitrogens with one attached hydrogen (secondary N) is 2. The van der Waals surface area contributed by atoms with Gasteiger partial charge < -0.3 is 10.6 Å². The zero-order valence-electron chi connectivity index (χ0n) is 9.22. The van der Waals surface area contributed by atoms with E-state index >= 15 is 0 Å². The molecular weight excluding hydrogens is 174 g/mol. The van der Waals surface area contributed by atoms with Crippen molar-refractivity contribution in [2.24, 2.45) is 0 Å². The second kappa shape index (κ2) is 5.60. The standard InChI is InChI=1S/C11H19N3/c1-4-10-6-9(8-12-3)7-11(14-10)13-5-2/h6-7,12H,4-5,8H2,1-3H3,(H,13,14). The molecule has 78 valence electrons. The molecule has 0 fully saturated rings. The van der Waals surface area contributed by atoms with Crippen LogP contribution >= 0.6 is 0 Å². The smallest absolute Gasteiger partial charge is 0.126 e. The Morgan fingerprint density at radius 1 is 1.29 bits per heavy atom. The van der Waals surface area contributed by atoms with Gasteiger partial charge in [0.1, 0.15) is 5.82 Å². The fourth-order valence-corrected chi connectivity index (χ4v) is 1.41. The summed E-state index contributed by atoms with van der Waals surface area (Å²) in [5.74, 6) is 0.983. The van der Waals surface area contributed by atoms with E-state index in [1.807, 2.05) is 7.05 Å². The molecule has 0 unspecified atom stereocenters. The molecule has 2 N–H and O–H groups in total. The van der Waals surface area contributed by atoms with Crippen LogP contribution in [0.4, 0.5) is 5.82 Å². The van der Waals surface area contributed by atoms with E-state index in [9.17, 15) is 0 Å². The van der Waals surface area contributed by atoms with E-state index in [4.69, 9.17) is 0 Å². The van der Waals surface area contributed by atoms with Crippen molar-refractivity contribution in [1.29, 1.82) is 0 Å². The van der Waals surface area contributed by atoms with E-state index in [1.165, 1.54) is 5.56 Å². The van der Waals surface area contributed by atoms with Crippen molar-refractivity contribution in [3.05, 3.63) is 23.4 Å². The molecule has 0 aromatic carbocycles.